The molecule has 2 unspecified atom stereocenters. The molecule has 0 radical (unpaired) electrons. The summed E-state index contributed by atoms with van der Waals surface area (Å²) in [6, 6.07) is 2.94. The number of nitrogens with zero attached hydrogens (tertiary/aromatic N) is 2. The smallest absolute Gasteiger partial charge is 0.426 e. The lowest BCUT2D eigenvalue weighted by Crippen LogP contribution is -2.64. The zero-order chi connectivity index (χ0) is 17.9. The van der Waals surface area contributed by atoms with E-state index >= 15 is 0 Å². The highest BCUT2D eigenvalue weighted by Crippen LogP contribution is 2.37. The molecular formula is C15H20BF3N2O3. The number of para-hydroxylation sites is 1. The lowest BCUT2D eigenvalue weighted by molar-refractivity contribution is -0.210. The molecule has 0 spiro atoms. The van der Waals surface area contributed by atoms with E-state index in [1.165, 1.54) is 0 Å². The van der Waals surface area contributed by atoms with Crippen molar-refractivity contribution in [3.63, 3.8) is 0 Å². The van der Waals surface area contributed by atoms with Gasteiger partial charge in [-0.05, 0) is 18.6 Å². The number of benzene rings is 1. The van der Waals surface area contributed by atoms with Gasteiger partial charge in [-0.25, -0.2) is 9.29 Å². The molecule has 1 saturated heterocycles. The first-order chi connectivity index (χ1) is 11.3. The summed E-state index contributed by atoms with van der Waals surface area (Å²) < 4.78 is 43.2. The van der Waals surface area contributed by atoms with E-state index in [1.807, 2.05) is 0 Å². The molecule has 1 aromatic rings. The highest BCUT2D eigenvalue weighted by Gasteiger charge is 2.55. The highest BCUT2D eigenvalue weighted by atomic mass is 19.3. The van der Waals surface area contributed by atoms with Crippen molar-refractivity contribution in [3.05, 3.63) is 30.3 Å². The third-order valence-electron chi connectivity index (χ3n) is 4.11. The van der Waals surface area contributed by atoms with Crippen molar-refractivity contribution in [2.45, 2.75) is 38.0 Å². The Kier molecular flexibility index (Phi) is 5.90. The minimum atomic E-state index is -3.90. The molecule has 2 rings (SSSR count). The lowest BCUT2D eigenvalue weighted by Gasteiger charge is -2.45. The molecule has 1 fully saturated rings. The van der Waals surface area contributed by atoms with Crippen LogP contribution in [0.5, 0.6) is 0 Å². The Balaban J connectivity index is 2.30. The van der Waals surface area contributed by atoms with E-state index in [9.17, 15) is 18.0 Å². The third kappa shape index (κ3) is 3.74. The van der Waals surface area contributed by atoms with Gasteiger partial charge < -0.3 is 14.9 Å². The van der Waals surface area contributed by atoms with Gasteiger partial charge in [-0.1, -0.05) is 25.1 Å². The van der Waals surface area contributed by atoms with Gasteiger partial charge in [0.05, 0.1) is 6.04 Å². The SMILES string of the molecule is CCC(=O)N(c1ccccc1)C1CCN(CB(O)O)C(F)(F)C1F. The van der Waals surface area contributed by atoms with Crippen LogP contribution in [-0.2, 0) is 4.79 Å². The Morgan fingerprint density at radius 2 is 2.00 bits per heavy atom. The molecule has 0 bridgehead atoms. The summed E-state index contributed by atoms with van der Waals surface area (Å²) in [5, 5.41) is 17.8. The van der Waals surface area contributed by atoms with E-state index in [2.05, 4.69) is 0 Å². The van der Waals surface area contributed by atoms with Crippen LogP contribution in [0.4, 0.5) is 18.9 Å². The summed E-state index contributed by atoms with van der Waals surface area (Å²) in [5.41, 5.74) is 0.364. The van der Waals surface area contributed by atoms with Crippen LogP contribution >= 0.6 is 0 Å². The number of piperidine rings is 1. The second-order valence-electron chi connectivity index (χ2n) is 5.73. The van der Waals surface area contributed by atoms with Crippen molar-refractivity contribution in [3.8, 4) is 0 Å². The fraction of sp³-hybridized carbons (Fsp3) is 0.533. The summed E-state index contributed by atoms with van der Waals surface area (Å²) in [5.74, 6) is -0.444. The number of alkyl halides is 3. The number of anilines is 1. The number of carbonyl (C=O) groups is 1. The minimum absolute atomic E-state index is 0.0376. The maximum Gasteiger partial charge on any atom is 0.466 e. The first-order valence-electron chi connectivity index (χ1n) is 7.79. The van der Waals surface area contributed by atoms with Crippen molar-refractivity contribution in [2.24, 2.45) is 0 Å². The number of amides is 1. The third-order valence-corrected chi connectivity index (χ3v) is 4.11. The number of halogens is 3. The molecule has 1 aromatic carbocycles. The van der Waals surface area contributed by atoms with Crippen LogP contribution in [0.25, 0.3) is 0 Å². The molecular weight excluding hydrogens is 324 g/mol. The van der Waals surface area contributed by atoms with Gasteiger partial charge in [-0.15, -0.1) is 0 Å². The van der Waals surface area contributed by atoms with Gasteiger partial charge >= 0.3 is 13.2 Å². The van der Waals surface area contributed by atoms with Crippen LogP contribution in [0, 0.1) is 0 Å². The molecule has 0 aromatic heterocycles. The van der Waals surface area contributed by atoms with E-state index < -0.39 is 37.7 Å². The average molecular weight is 344 g/mol. The van der Waals surface area contributed by atoms with Crippen molar-refractivity contribution in [1.82, 2.24) is 4.90 Å². The predicted molar refractivity (Wildman–Crippen MR) is 84.2 cm³/mol. The van der Waals surface area contributed by atoms with Gasteiger partial charge in [-0.2, -0.15) is 8.78 Å². The monoisotopic (exact) mass is 344 g/mol. The number of carbonyl (C=O) groups excluding carboxylic acids is 1. The Morgan fingerprint density at radius 1 is 1.38 bits per heavy atom. The van der Waals surface area contributed by atoms with Gasteiger partial charge in [0, 0.05) is 25.1 Å². The molecule has 1 amide bonds. The Bertz CT molecular complexity index is 562. The summed E-state index contributed by atoms with van der Waals surface area (Å²) in [4.78, 5) is 13.7. The van der Waals surface area contributed by atoms with Crippen molar-refractivity contribution in [2.75, 3.05) is 17.9 Å². The average Bonchev–Trinajstić information content (AvgIpc) is 2.55. The normalized spacial score (nSPS) is 23.8. The van der Waals surface area contributed by atoms with E-state index in [-0.39, 0.29) is 19.4 Å². The summed E-state index contributed by atoms with van der Waals surface area (Å²) in [7, 11) is -1.98. The Morgan fingerprint density at radius 3 is 2.54 bits per heavy atom. The van der Waals surface area contributed by atoms with Gasteiger partial charge in [0.25, 0.3) is 0 Å². The van der Waals surface area contributed by atoms with Gasteiger partial charge in [0.1, 0.15) is 0 Å². The fourth-order valence-electron chi connectivity index (χ4n) is 2.94. The highest BCUT2D eigenvalue weighted by molar-refractivity contribution is 6.41. The molecule has 132 valence electrons. The zero-order valence-electron chi connectivity index (χ0n) is 13.3. The number of hydrogen-bond donors (Lipinski definition) is 2. The number of hydrogen-bond acceptors (Lipinski definition) is 4. The van der Waals surface area contributed by atoms with Crippen LogP contribution in [0.15, 0.2) is 30.3 Å². The largest absolute Gasteiger partial charge is 0.466 e. The summed E-state index contributed by atoms with van der Waals surface area (Å²) in [6.45, 7) is 1.33. The lowest BCUT2D eigenvalue weighted by atomic mass is 9.88. The van der Waals surface area contributed by atoms with Gasteiger partial charge in [0.2, 0.25) is 5.91 Å². The first kappa shape index (κ1) is 18.8. The Labute approximate surface area is 138 Å². The van der Waals surface area contributed by atoms with Crippen molar-refractivity contribution in [1.29, 1.82) is 0 Å². The molecule has 1 aliphatic heterocycles. The fourth-order valence-corrected chi connectivity index (χ4v) is 2.94. The number of likely N-dealkylation sites (tertiary alicyclic amines) is 1. The van der Waals surface area contributed by atoms with Crippen LogP contribution in [0.3, 0.4) is 0 Å². The van der Waals surface area contributed by atoms with Gasteiger partial charge in [0.15, 0.2) is 6.17 Å². The standard InChI is InChI=1S/C15H20BF3N2O3/c1-2-13(22)21(11-6-4-3-5-7-11)12-8-9-20(10-16(23)24)15(18,19)14(12)17/h3-7,12,14,23-24H,2,8-10H2,1H3. The molecule has 0 saturated carbocycles. The molecule has 1 aliphatic rings. The second-order valence-corrected chi connectivity index (χ2v) is 5.73. The molecule has 2 atom stereocenters. The van der Waals surface area contributed by atoms with E-state index in [0.29, 0.717) is 10.6 Å². The van der Waals surface area contributed by atoms with E-state index in [1.54, 1.807) is 37.3 Å². The Hall–Kier alpha value is -1.58. The van der Waals surface area contributed by atoms with Crippen molar-refractivity contribution < 1.29 is 28.0 Å². The molecule has 2 N–H and O–H groups in total. The second kappa shape index (κ2) is 7.54. The predicted octanol–water partition coefficient (Wildman–Crippen LogP) is 1.45. The minimum Gasteiger partial charge on any atom is -0.426 e. The van der Waals surface area contributed by atoms with Crippen LogP contribution in [0.2, 0.25) is 0 Å². The van der Waals surface area contributed by atoms with Crippen molar-refractivity contribution >= 4 is 18.7 Å². The van der Waals surface area contributed by atoms with Crippen LogP contribution < -0.4 is 4.90 Å². The topological polar surface area (TPSA) is 64.0 Å². The van der Waals surface area contributed by atoms with Crippen LogP contribution in [0.1, 0.15) is 19.8 Å². The maximum atomic E-state index is 14.6. The van der Waals surface area contributed by atoms with Gasteiger partial charge in [-0.3, -0.25) is 4.79 Å². The first-order valence-corrected chi connectivity index (χ1v) is 7.79. The zero-order valence-corrected chi connectivity index (χ0v) is 13.3. The van der Waals surface area contributed by atoms with E-state index in [0.717, 1.165) is 4.90 Å². The summed E-state index contributed by atoms with van der Waals surface area (Å²) in [6.07, 6.45) is -3.37. The quantitative estimate of drug-likeness (QED) is 0.627. The molecule has 9 heteroatoms. The van der Waals surface area contributed by atoms with E-state index in [4.69, 9.17) is 10.0 Å². The molecule has 1 heterocycles. The number of rotatable bonds is 5. The molecule has 0 aliphatic carbocycles. The molecule has 24 heavy (non-hydrogen) atoms. The van der Waals surface area contributed by atoms with Crippen LogP contribution in [-0.4, -0.2) is 59.2 Å². The molecule has 5 nitrogen and oxygen atoms in total. The summed E-state index contributed by atoms with van der Waals surface area (Å²) >= 11 is 0. The maximum absolute atomic E-state index is 14.6.